The summed E-state index contributed by atoms with van der Waals surface area (Å²) in [6.45, 7) is -0.0650. The Kier molecular flexibility index (Phi) is 5.81. The molecule has 0 unspecified atom stereocenters. The molecule has 5 N–H and O–H groups in total. The molecule has 6 heteroatoms. The van der Waals surface area contributed by atoms with Crippen LogP contribution < -0.4 is 5.73 Å². The molecule has 90 valence electrons. The van der Waals surface area contributed by atoms with E-state index < -0.39 is 12.0 Å². The molecule has 0 aromatic heterocycles. The van der Waals surface area contributed by atoms with E-state index in [-0.39, 0.29) is 30.3 Å². The number of nitrogens with two attached hydrogens (primary N) is 1. The van der Waals surface area contributed by atoms with Gasteiger partial charge in [-0.25, -0.2) is 4.79 Å². The third-order valence-corrected chi connectivity index (χ3v) is 2.12. The molecule has 1 aromatic rings. The van der Waals surface area contributed by atoms with Crippen molar-refractivity contribution in [2.75, 3.05) is 6.61 Å². The van der Waals surface area contributed by atoms with Gasteiger partial charge >= 0.3 is 5.97 Å². The van der Waals surface area contributed by atoms with Crippen molar-refractivity contribution in [1.82, 2.24) is 0 Å². The number of aliphatic hydroxyl groups excluding tert-OH is 1. The first-order valence-electron chi connectivity index (χ1n) is 4.49. The standard InChI is InChI=1S/C10H13NO4.ClH/c11-8(3-4-12)6-1-2-9(13)7(5-6)10(14)15;/h1-2,5,8,12-13H,3-4,11H2,(H,14,15);1H/t8-;/m0./s1. The summed E-state index contributed by atoms with van der Waals surface area (Å²) < 4.78 is 0. The lowest BCUT2D eigenvalue weighted by Crippen LogP contribution is -2.12. The zero-order valence-corrected chi connectivity index (χ0v) is 9.28. The number of carboxylic acid groups (broad SMARTS) is 1. The molecule has 5 nitrogen and oxygen atoms in total. The van der Waals surface area contributed by atoms with E-state index in [0.717, 1.165) is 0 Å². The van der Waals surface area contributed by atoms with Crippen molar-refractivity contribution in [3.8, 4) is 5.75 Å². The van der Waals surface area contributed by atoms with Crippen LogP contribution in [0.4, 0.5) is 0 Å². The fraction of sp³-hybridized carbons (Fsp3) is 0.300. The van der Waals surface area contributed by atoms with Gasteiger partial charge in [0.05, 0.1) is 0 Å². The molecule has 1 atom stereocenters. The van der Waals surface area contributed by atoms with E-state index in [2.05, 4.69) is 0 Å². The lowest BCUT2D eigenvalue weighted by Gasteiger charge is -2.11. The fourth-order valence-corrected chi connectivity index (χ4v) is 1.26. The van der Waals surface area contributed by atoms with E-state index in [1.807, 2.05) is 0 Å². The highest BCUT2D eigenvalue weighted by atomic mass is 35.5. The predicted octanol–water partition coefficient (Wildman–Crippen LogP) is 0.894. The van der Waals surface area contributed by atoms with Crippen molar-refractivity contribution in [3.05, 3.63) is 29.3 Å². The van der Waals surface area contributed by atoms with Gasteiger partial charge in [0, 0.05) is 12.6 Å². The summed E-state index contributed by atoms with van der Waals surface area (Å²) in [7, 11) is 0. The van der Waals surface area contributed by atoms with Gasteiger partial charge in [-0.1, -0.05) is 6.07 Å². The van der Waals surface area contributed by atoms with Gasteiger partial charge in [0.25, 0.3) is 0 Å². The molecular weight excluding hydrogens is 234 g/mol. The average molecular weight is 248 g/mol. The zero-order chi connectivity index (χ0) is 11.4. The molecule has 1 rings (SSSR count). The molecule has 0 spiro atoms. The van der Waals surface area contributed by atoms with Gasteiger partial charge < -0.3 is 21.1 Å². The maximum atomic E-state index is 10.7. The Morgan fingerprint density at radius 1 is 1.44 bits per heavy atom. The maximum absolute atomic E-state index is 10.7. The quantitative estimate of drug-likeness (QED) is 0.633. The van der Waals surface area contributed by atoms with Crippen LogP contribution in [0.15, 0.2) is 18.2 Å². The van der Waals surface area contributed by atoms with Crippen LogP contribution in [0.1, 0.15) is 28.4 Å². The molecule has 0 amide bonds. The minimum absolute atomic E-state index is 0. The van der Waals surface area contributed by atoms with Crippen LogP contribution in [0.2, 0.25) is 0 Å². The maximum Gasteiger partial charge on any atom is 0.339 e. The normalized spacial score (nSPS) is 11.6. The highest BCUT2D eigenvalue weighted by Crippen LogP contribution is 2.22. The van der Waals surface area contributed by atoms with Crippen molar-refractivity contribution in [1.29, 1.82) is 0 Å². The number of hydrogen-bond donors (Lipinski definition) is 4. The number of benzene rings is 1. The number of phenols is 1. The summed E-state index contributed by atoms with van der Waals surface area (Å²) in [6, 6.07) is 3.73. The molecule has 1 aromatic carbocycles. The zero-order valence-electron chi connectivity index (χ0n) is 8.46. The Labute approximate surface area is 98.9 Å². The van der Waals surface area contributed by atoms with Gasteiger partial charge in [-0.15, -0.1) is 12.4 Å². The summed E-state index contributed by atoms with van der Waals surface area (Å²) in [5.74, 6) is -1.49. The summed E-state index contributed by atoms with van der Waals surface area (Å²) in [4.78, 5) is 10.7. The van der Waals surface area contributed by atoms with Crippen molar-refractivity contribution in [3.63, 3.8) is 0 Å². The molecule has 0 aliphatic carbocycles. The lowest BCUT2D eigenvalue weighted by molar-refractivity contribution is 0.0693. The first-order chi connectivity index (χ1) is 7.06. The number of carboxylic acids is 1. The number of carbonyl (C=O) groups is 1. The molecule has 0 heterocycles. The Morgan fingerprint density at radius 2 is 2.06 bits per heavy atom. The largest absolute Gasteiger partial charge is 0.507 e. The number of aromatic hydroxyl groups is 1. The number of halogens is 1. The Hall–Kier alpha value is -1.30. The van der Waals surface area contributed by atoms with Crippen LogP contribution in [0.25, 0.3) is 0 Å². The van der Waals surface area contributed by atoms with Gasteiger partial charge in [0.2, 0.25) is 0 Å². The highest BCUT2D eigenvalue weighted by Gasteiger charge is 2.13. The fourth-order valence-electron chi connectivity index (χ4n) is 1.26. The highest BCUT2D eigenvalue weighted by molar-refractivity contribution is 5.90. The van der Waals surface area contributed by atoms with E-state index in [9.17, 15) is 9.90 Å². The van der Waals surface area contributed by atoms with Crippen molar-refractivity contribution in [2.24, 2.45) is 5.73 Å². The SMILES string of the molecule is Cl.N[C@@H](CCO)c1ccc(O)c(C(=O)O)c1. The van der Waals surface area contributed by atoms with Gasteiger partial charge in [0.1, 0.15) is 11.3 Å². The second-order valence-electron chi connectivity index (χ2n) is 3.20. The Balaban J connectivity index is 0.00000225. The van der Waals surface area contributed by atoms with Crippen LogP contribution in [-0.2, 0) is 0 Å². The van der Waals surface area contributed by atoms with Gasteiger partial charge in [-0.05, 0) is 24.1 Å². The number of hydrogen-bond acceptors (Lipinski definition) is 4. The van der Waals surface area contributed by atoms with E-state index in [0.29, 0.717) is 12.0 Å². The average Bonchev–Trinajstić information content (AvgIpc) is 2.18. The third-order valence-electron chi connectivity index (χ3n) is 2.12. The molecule has 0 aliphatic rings. The van der Waals surface area contributed by atoms with E-state index in [1.54, 1.807) is 6.07 Å². The van der Waals surface area contributed by atoms with E-state index in [1.165, 1.54) is 12.1 Å². The summed E-state index contributed by atoms with van der Waals surface area (Å²) in [5, 5.41) is 26.7. The van der Waals surface area contributed by atoms with Crippen LogP contribution in [0, 0.1) is 0 Å². The molecule has 0 aliphatic heterocycles. The van der Waals surface area contributed by atoms with Crippen LogP contribution in [0.3, 0.4) is 0 Å². The topological polar surface area (TPSA) is 104 Å². The van der Waals surface area contributed by atoms with Gasteiger partial charge in [-0.3, -0.25) is 0 Å². The first kappa shape index (κ1) is 14.7. The Morgan fingerprint density at radius 3 is 2.56 bits per heavy atom. The summed E-state index contributed by atoms with van der Waals surface area (Å²) in [5.41, 5.74) is 6.09. The van der Waals surface area contributed by atoms with Crippen LogP contribution >= 0.6 is 12.4 Å². The number of aromatic carboxylic acids is 1. The lowest BCUT2D eigenvalue weighted by atomic mass is 10.0. The van der Waals surface area contributed by atoms with E-state index >= 15 is 0 Å². The van der Waals surface area contributed by atoms with Crippen molar-refractivity contribution >= 4 is 18.4 Å². The Bertz CT molecular complexity index is 370. The first-order valence-corrected chi connectivity index (χ1v) is 4.49. The van der Waals surface area contributed by atoms with Crippen LogP contribution in [0.5, 0.6) is 5.75 Å². The molecule has 0 bridgehead atoms. The number of aliphatic hydroxyl groups is 1. The molecule has 0 radical (unpaired) electrons. The molecule has 0 saturated heterocycles. The van der Waals surface area contributed by atoms with Gasteiger partial charge in [-0.2, -0.15) is 0 Å². The van der Waals surface area contributed by atoms with Crippen LogP contribution in [-0.4, -0.2) is 27.9 Å². The van der Waals surface area contributed by atoms with Gasteiger partial charge in [0.15, 0.2) is 0 Å². The smallest absolute Gasteiger partial charge is 0.339 e. The minimum atomic E-state index is -1.20. The second kappa shape index (κ2) is 6.32. The summed E-state index contributed by atoms with van der Waals surface area (Å²) >= 11 is 0. The summed E-state index contributed by atoms with van der Waals surface area (Å²) in [6.07, 6.45) is 0.351. The molecule has 0 saturated carbocycles. The minimum Gasteiger partial charge on any atom is -0.507 e. The second-order valence-corrected chi connectivity index (χ2v) is 3.20. The third kappa shape index (κ3) is 3.37. The molecule has 0 fully saturated rings. The van der Waals surface area contributed by atoms with Crippen molar-refractivity contribution in [2.45, 2.75) is 12.5 Å². The molecule has 16 heavy (non-hydrogen) atoms. The predicted molar refractivity (Wildman–Crippen MR) is 60.9 cm³/mol. The van der Waals surface area contributed by atoms with Crippen molar-refractivity contribution < 1.29 is 20.1 Å². The number of rotatable bonds is 4. The molecular formula is C10H14ClNO4. The van der Waals surface area contributed by atoms with E-state index in [4.69, 9.17) is 15.9 Å². The monoisotopic (exact) mass is 247 g/mol.